The number of hydrogen-bond donors (Lipinski definition) is 2. The van der Waals surface area contributed by atoms with Crippen molar-refractivity contribution in [2.75, 3.05) is 49.0 Å². The molecule has 12 nitrogen and oxygen atoms in total. The number of nitrogens with two attached hydrogens (primary N) is 1. The smallest absolute Gasteiger partial charge is 0.226 e. The molecule has 54 heavy (non-hydrogen) atoms. The van der Waals surface area contributed by atoms with Crippen LogP contribution in [-0.4, -0.2) is 124 Å². The number of methoxy groups -OCH3 is 3. The molecule has 0 aliphatic carbocycles. The second kappa shape index (κ2) is 21.9. The molecule has 308 valence electrons. The summed E-state index contributed by atoms with van der Waals surface area (Å²) in [6, 6.07) is 5.68. The number of likely N-dealkylation sites (N-methyl/N-ethyl adjacent to an activating group) is 2. The fourth-order valence-corrected chi connectivity index (χ4v) is 8.33. The van der Waals surface area contributed by atoms with Crippen LogP contribution < -0.4 is 15.8 Å². The van der Waals surface area contributed by atoms with Crippen LogP contribution in [0.15, 0.2) is 24.3 Å². The van der Waals surface area contributed by atoms with E-state index in [0.29, 0.717) is 13.0 Å². The van der Waals surface area contributed by atoms with Gasteiger partial charge in [0.25, 0.3) is 0 Å². The zero-order valence-electron chi connectivity index (χ0n) is 35.8. The Kier molecular flexibility index (Phi) is 19.1. The predicted molar refractivity (Wildman–Crippen MR) is 214 cm³/mol. The molecular formula is C42H73N5O7. The first-order valence-electron chi connectivity index (χ1n) is 19.9. The third-order valence-corrected chi connectivity index (χ3v) is 11.7. The van der Waals surface area contributed by atoms with Crippen LogP contribution in [-0.2, 0) is 28.7 Å². The number of nitrogens with zero attached hydrogens (tertiary/aromatic N) is 3. The van der Waals surface area contributed by atoms with Crippen molar-refractivity contribution in [3.05, 3.63) is 29.8 Å². The Morgan fingerprint density at radius 2 is 1.52 bits per heavy atom. The highest BCUT2D eigenvalue weighted by molar-refractivity contribution is 5.90. The highest BCUT2D eigenvalue weighted by Crippen LogP contribution is 2.31. The van der Waals surface area contributed by atoms with Crippen molar-refractivity contribution in [3.8, 4) is 5.75 Å². The van der Waals surface area contributed by atoms with E-state index in [1.165, 1.54) is 0 Å². The Balaban J connectivity index is 2.25. The molecule has 1 fully saturated rings. The number of amides is 3. The summed E-state index contributed by atoms with van der Waals surface area (Å²) in [5.74, 6) is -0.637. The van der Waals surface area contributed by atoms with Crippen LogP contribution in [0.2, 0.25) is 0 Å². The second-order valence-electron chi connectivity index (χ2n) is 16.4. The van der Waals surface area contributed by atoms with Crippen LogP contribution in [0.3, 0.4) is 0 Å². The van der Waals surface area contributed by atoms with Crippen molar-refractivity contribution < 1.29 is 33.4 Å². The molecule has 3 amide bonds. The summed E-state index contributed by atoms with van der Waals surface area (Å²) in [6.45, 7) is 16.4. The molecular weight excluding hydrogens is 686 g/mol. The molecule has 12 heteroatoms. The van der Waals surface area contributed by atoms with Gasteiger partial charge in [0, 0.05) is 52.2 Å². The molecule has 2 unspecified atom stereocenters. The molecule has 0 bridgehead atoms. The number of rotatable bonds is 22. The average molecular weight is 760 g/mol. The molecule has 3 N–H and O–H groups in total. The van der Waals surface area contributed by atoms with Crippen molar-refractivity contribution in [1.82, 2.24) is 20.0 Å². The van der Waals surface area contributed by atoms with Gasteiger partial charge in [0.2, 0.25) is 17.7 Å². The monoisotopic (exact) mass is 760 g/mol. The van der Waals surface area contributed by atoms with Crippen molar-refractivity contribution in [2.24, 2.45) is 35.3 Å². The van der Waals surface area contributed by atoms with E-state index in [-0.39, 0.29) is 72.2 Å². The fourth-order valence-electron chi connectivity index (χ4n) is 8.33. The Morgan fingerprint density at radius 3 is 2.00 bits per heavy atom. The van der Waals surface area contributed by atoms with Crippen LogP contribution in [0.4, 0.5) is 0 Å². The second-order valence-corrected chi connectivity index (χ2v) is 16.4. The molecule has 0 saturated carbocycles. The molecule has 2 rings (SSSR count). The van der Waals surface area contributed by atoms with Crippen molar-refractivity contribution in [2.45, 2.75) is 130 Å². The standard InChI is InChI=1S/C42H73N5O7/c1-15-27(6)39(46(11)42(51)32(25(2)3)23-34(48)38(26(4)5)45(9)10)35(53-13)24-36(49)47-22-16-17-33(47)40(54-14)28(7)41(50)44-29(8)37(43)30-18-20-31(52-12)21-19-30/h18-21,25-29,32-33,35,37-40H,15-17,22-24,43H2,1-14H3,(H,44,50)/t27?,28-,29-,32+,33+,35-,37?,38+,39+,40-/m1/s1. The van der Waals surface area contributed by atoms with Gasteiger partial charge < -0.3 is 35.1 Å². The summed E-state index contributed by atoms with van der Waals surface area (Å²) < 4.78 is 17.3. The summed E-state index contributed by atoms with van der Waals surface area (Å²) in [4.78, 5) is 61.1. The van der Waals surface area contributed by atoms with Crippen molar-refractivity contribution in [1.29, 1.82) is 0 Å². The van der Waals surface area contributed by atoms with Crippen LogP contribution >= 0.6 is 0 Å². The summed E-state index contributed by atoms with van der Waals surface area (Å²) in [5.41, 5.74) is 7.39. The average Bonchev–Trinajstić information content (AvgIpc) is 3.62. The lowest BCUT2D eigenvalue weighted by Crippen LogP contribution is -2.55. The lowest BCUT2D eigenvalue weighted by Gasteiger charge is -2.41. The maximum atomic E-state index is 14.3. The third kappa shape index (κ3) is 12.0. The molecule has 0 radical (unpaired) electrons. The minimum Gasteiger partial charge on any atom is -0.497 e. The Labute approximate surface area is 326 Å². The lowest BCUT2D eigenvalue weighted by atomic mass is 9.83. The number of likely N-dealkylation sites (tertiary alicyclic amines) is 1. The molecule has 0 spiro atoms. The lowest BCUT2D eigenvalue weighted by molar-refractivity contribution is -0.149. The van der Waals surface area contributed by atoms with Gasteiger partial charge in [-0.3, -0.25) is 24.1 Å². The number of Topliss-reactive ketones (excluding diaryl/α,β-unsaturated/α-hetero) is 1. The first kappa shape index (κ1) is 47.1. The van der Waals surface area contributed by atoms with Crippen LogP contribution in [0.1, 0.15) is 99.1 Å². The van der Waals surface area contributed by atoms with E-state index in [2.05, 4.69) is 19.2 Å². The van der Waals surface area contributed by atoms with Crippen molar-refractivity contribution >= 4 is 23.5 Å². The number of ketones is 1. The zero-order chi connectivity index (χ0) is 41.0. The predicted octanol–water partition coefficient (Wildman–Crippen LogP) is 4.94. The maximum Gasteiger partial charge on any atom is 0.226 e. The number of carbonyl (C=O) groups is 4. The molecule has 1 aliphatic rings. The van der Waals surface area contributed by atoms with E-state index < -0.39 is 36.1 Å². The number of hydrogen-bond acceptors (Lipinski definition) is 9. The number of carbonyl (C=O) groups excluding carboxylic acids is 4. The summed E-state index contributed by atoms with van der Waals surface area (Å²) >= 11 is 0. The van der Waals surface area contributed by atoms with E-state index >= 15 is 0 Å². The van der Waals surface area contributed by atoms with Gasteiger partial charge in [0.1, 0.15) is 5.75 Å². The summed E-state index contributed by atoms with van der Waals surface area (Å²) in [7, 11) is 10.4. The summed E-state index contributed by atoms with van der Waals surface area (Å²) in [5, 5.41) is 3.07. The SMILES string of the molecule is CCC(C)[C@@H]([C@@H](CC(=O)N1CCC[C@H]1[C@H](OC)[C@@H](C)C(=O)N[C@H](C)C(N)c1ccc(OC)cc1)OC)N(C)C(=O)[C@@H](CC(=O)[C@H](C(C)C)N(C)C)C(C)C. The molecule has 10 atom stereocenters. The highest BCUT2D eigenvalue weighted by atomic mass is 16.5. The Bertz CT molecular complexity index is 1330. The van der Waals surface area contributed by atoms with Gasteiger partial charge in [-0.2, -0.15) is 0 Å². The minimum absolute atomic E-state index is 0.0153. The molecule has 1 aromatic carbocycles. The molecule has 1 aromatic rings. The van der Waals surface area contributed by atoms with Gasteiger partial charge >= 0.3 is 0 Å². The Morgan fingerprint density at radius 1 is 0.907 bits per heavy atom. The maximum absolute atomic E-state index is 14.3. The number of nitrogens with one attached hydrogen (secondary N) is 1. The fraction of sp³-hybridized carbons (Fsp3) is 0.762. The molecule has 1 saturated heterocycles. The van der Waals surface area contributed by atoms with E-state index in [0.717, 1.165) is 24.2 Å². The van der Waals surface area contributed by atoms with E-state index in [9.17, 15) is 19.2 Å². The Hall–Kier alpha value is -3.06. The third-order valence-electron chi connectivity index (χ3n) is 11.7. The van der Waals surface area contributed by atoms with Gasteiger partial charge in [-0.25, -0.2) is 0 Å². The normalized spacial score (nSPS) is 19.8. The first-order valence-corrected chi connectivity index (χ1v) is 19.9. The van der Waals surface area contributed by atoms with Crippen LogP contribution in [0.5, 0.6) is 5.75 Å². The highest BCUT2D eigenvalue weighted by Gasteiger charge is 2.43. The molecule has 1 aliphatic heterocycles. The first-order chi connectivity index (χ1) is 25.4. The summed E-state index contributed by atoms with van der Waals surface area (Å²) in [6.07, 6.45) is 1.33. The largest absolute Gasteiger partial charge is 0.497 e. The van der Waals surface area contributed by atoms with E-state index in [1.54, 1.807) is 33.3 Å². The van der Waals surface area contributed by atoms with E-state index in [4.69, 9.17) is 19.9 Å². The van der Waals surface area contributed by atoms with Gasteiger partial charge in [-0.05, 0) is 69.3 Å². The molecule has 1 heterocycles. The molecule has 0 aromatic heterocycles. The van der Waals surface area contributed by atoms with Crippen molar-refractivity contribution in [3.63, 3.8) is 0 Å². The van der Waals surface area contributed by atoms with E-state index in [1.807, 2.05) is 89.7 Å². The number of benzene rings is 1. The van der Waals surface area contributed by atoms with Gasteiger partial charge in [-0.1, -0.05) is 67.0 Å². The topological polar surface area (TPSA) is 144 Å². The zero-order valence-corrected chi connectivity index (χ0v) is 35.8. The minimum atomic E-state index is -0.585. The van der Waals surface area contributed by atoms with Gasteiger partial charge in [0.15, 0.2) is 5.78 Å². The quantitative estimate of drug-likeness (QED) is 0.168. The van der Waals surface area contributed by atoms with Crippen LogP contribution in [0.25, 0.3) is 0 Å². The number of ether oxygens (including phenoxy) is 3. The van der Waals surface area contributed by atoms with Crippen LogP contribution in [0, 0.1) is 29.6 Å². The van der Waals surface area contributed by atoms with Gasteiger partial charge in [0.05, 0.1) is 49.8 Å². The van der Waals surface area contributed by atoms with Gasteiger partial charge in [-0.15, -0.1) is 0 Å².